The van der Waals surface area contributed by atoms with Gasteiger partial charge in [-0.3, -0.25) is 0 Å². The number of rotatable bonds is 3. The quantitative estimate of drug-likeness (QED) is 0.834. The van der Waals surface area contributed by atoms with Gasteiger partial charge in [-0.15, -0.1) is 0 Å². The number of methoxy groups -OCH3 is 1. The van der Waals surface area contributed by atoms with Gasteiger partial charge in [-0.05, 0) is 19.1 Å². The van der Waals surface area contributed by atoms with Gasteiger partial charge in [-0.25, -0.2) is 4.79 Å². The molecule has 0 atom stereocenters. The second-order valence-electron chi connectivity index (χ2n) is 4.68. The smallest absolute Gasteiger partial charge is 0.331 e. The molecule has 1 aromatic rings. The van der Waals surface area contributed by atoms with Crippen LogP contribution in [0.2, 0.25) is 0 Å². The maximum atomic E-state index is 12.0. The number of ether oxygens (including phenoxy) is 2. The van der Waals surface area contributed by atoms with Gasteiger partial charge in [0, 0.05) is 31.7 Å². The molecule has 0 aliphatic carbocycles. The summed E-state index contributed by atoms with van der Waals surface area (Å²) in [5.41, 5.74) is 1.48. The zero-order valence-corrected chi connectivity index (χ0v) is 10.9. The first kappa shape index (κ1) is 12.9. The van der Waals surface area contributed by atoms with Gasteiger partial charge in [0.25, 0.3) is 0 Å². The molecular weight excluding hydrogens is 230 g/mol. The average molecular weight is 249 g/mol. The minimum absolute atomic E-state index is 0.216. The Bertz CT molecular complexity index is 408. The van der Waals surface area contributed by atoms with E-state index in [9.17, 15) is 4.79 Å². The number of aryl methyl sites for hydroxylation is 1. The third-order valence-corrected chi connectivity index (χ3v) is 3.36. The highest BCUT2D eigenvalue weighted by Gasteiger charge is 2.41. The molecule has 2 rings (SSSR count). The van der Waals surface area contributed by atoms with Gasteiger partial charge in [-0.2, -0.15) is 0 Å². The van der Waals surface area contributed by atoms with Crippen molar-refractivity contribution in [2.75, 3.05) is 25.6 Å². The Hall–Kier alpha value is -1.55. The SMILES string of the molecule is COC(=O)C1(Nc2ccc(C)cc2)CCOCC1. The van der Waals surface area contributed by atoms with Crippen LogP contribution in [0, 0.1) is 6.92 Å². The molecule has 1 aliphatic heterocycles. The number of carbonyl (C=O) groups excluding carboxylic acids is 1. The Morgan fingerprint density at radius 3 is 2.44 bits per heavy atom. The number of hydrogen-bond acceptors (Lipinski definition) is 4. The molecule has 0 unspecified atom stereocenters. The molecule has 4 nitrogen and oxygen atoms in total. The topological polar surface area (TPSA) is 47.6 Å². The Labute approximate surface area is 107 Å². The fourth-order valence-corrected chi connectivity index (χ4v) is 2.21. The van der Waals surface area contributed by atoms with Gasteiger partial charge in [0.15, 0.2) is 0 Å². The van der Waals surface area contributed by atoms with E-state index in [2.05, 4.69) is 5.32 Å². The zero-order chi connectivity index (χ0) is 13.0. The molecule has 18 heavy (non-hydrogen) atoms. The molecule has 98 valence electrons. The maximum absolute atomic E-state index is 12.0. The lowest BCUT2D eigenvalue weighted by molar-refractivity contribution is -0.149. The monoisotopic (exact) mass is 249 g/mol. The van der Waals surface area contributed by atoms with Crippen LogP contribution in [0.5, 0.6) is 0 Å². The molecule has 0 radical (unpaired) electrons. The highest BCUT2D eigenvalue weighted by molar-refractivity contribution is 5.84. The number of hydrogen-bond donors (Lipinski definition) is 1. The highest BCUT2D eigenvalue weighted by atomic mass is 16.5. The summed E-state index contributed by atoms with van der Waals surface area (Å²) in [5.74, 6) is -0.216. The largest absolute Gasteiger partial charge is 0.467 e. The molecule has 1 N–H and O–H groups in total. The minimum Gasteiger partial charge on any atom is -0.467 e. The Kier molecular flexibility index (Phi) is 3.87. The van der Waals surface area contributed by atoms with Crippen LogP contribution in [0.3, 0.4) is 0 Å². The van der Waals surface area contributed by atoms with E-state index in [4.69, 9.17) is 9.47 Å². The molecule has 1 saturated heterocycles. The van der Waals surface area contributed by atoms with Crippen LogP contribution in [0.4, 0.5) is 5.69 Å². The normalized spacial score (nSPS) is 18.1. The molecule has 1 aliphatic rings. The summed E-state index contributed by atoms with van der Waals surface area (Å²) in [7, 11) is 1.43. The van der Waals surface area contributed by atoms with E-state index in [0.717, 1.165) is 5.69 Å². The van der Waals surface area contributed by atoms with E-state index in [-0.39, 0.29) is 5.97 Å². The lowest BCUT2D eigenvalue weighted by Gasteiger charge is -2.36. The number of anilines is 1. The van der Waals surface area contributed by atoms with Crippen LogP contribution < -0.4 is 5.32 Å². The van der Waals surface area contributed by atoms with Crippen molar-refractivity contribution >= 4 is 11.7 Å². The molecule has 1 heterocycles. The fourth-order valence-electron chi connectivity index (χ4n) is 2.21. The molecule has 1 fully saturated rings. The molecule has 0 spiro atoms. The summed E-state index contributed by atoms with van der Waals surface area (Å²) in [5, 5.41) is 3.32. The van der Waals surface area contributed by atoms with Crippen LogP contribution in [0.25, 0.3) is 0 Å². The summed E-state index contributed by atoms with van der Waals surface area (Å²) in [4.78, 5) is 12.0. The minimum atomic E-state index is -0.651. The van der Waals surface area contributed by atoms with E-state index < -0.39 is 5.54 Å². The summed E-state index contributed by atoms with van der Waals surface area (Å²) in [6.45, 7) is 3.19. The van der Waals surface area contributed by atoms with Crippen molar-refractivity contribution in [1.82, 2.24) is 0 Å². The Morgan fingerprint density at radius 1 is 1.28 bits per heavy atom. The lowest BCUT2D eigenvalue weighted by atomic mass is 9.89. The van der Waals surface area contributed by atoms with E-state index in [1.807, 2.05) is 31.2 Å². The second-order valence-corrected chi connectivity index (χ2v) is 4.68. The fraction of sp³-hybridized carbons (Fsp3) is 0.500. The third-order valence-electron chi connectivity index (χ3n) is 3.36. The van der Waals surface area contributed by atoms with Gasteiger partial charge in [0.05, 0.1) is 7.11 Å². The maximum Gasteiger partial charge on any atom is 0.331 e. The average Bonchev–Trinajstić information content (AvgIpc) is 2.41. The molecule has 0 aromatic heterocycles. The standard InChI is InChI=1S/C14H19NO3/c1-11-3-5-12(6-4-11)15-14(13(16)17-2)7-9-18-10-8-14/h3-6,15H,7-10H2,1-2H3. The van der Waals surface area contributed by atoms with Gasteiger partial charge in [0.1, 0.15) is 5.54 Å². The Balaban J connectivity index is 2.19. The van der Waals surface area contributed by atoms with Crippen LogP contribution in [-0.4, -0.2) is 31.8 Å². The first-order valence-corrected chi connectivity index (χ1v) is 6.17. The zero-order valence-electron chi connectivity index (χ0n) is 10.9. The summed E-state index contributed by atoms with van der Waals surface area (Å²) < 4.78 is 10.3. The first-order chi connectivity index (χ1) is 8.66. The molecule has 1 aromatic carbocycles. The van der Waals surface area contributed by atoms with Crippen molar-refractivity contribution in [1.29, 1.82) is 0 Å². The second kappa shape index (κ2) is 5.40. The summed E-state index contributed by atoms with van der Waals surface area (Å²) in [6.07, 6.45) is 1.26. The predicted octanol–water partition coefficient (Wildman–Crippen LogP) is 2.13. The van der Waals surface area contributed by atoms with Crippen LogP contribution in [-0.2, 0) is 14.3 Å². The van der Waals surface area contributed by atoms with Gasteiger partial charge < -0.3 is 14.8 Å². The molecular formula is C14H19NO3. The van der Waals surface area contributed by atoms with Crippen molar-refractivity contribution in [2.45, 2.75) is 25.3 Å². The molecule has 0 bridgehead atoms. The van der Waals surface area contributed by atoms with Crippen LogP contribution in [0.1, 0.15) is 18.4 Å². The number of esters is 1. The molecule has 0 saturated carbocycles. The number of benzene rings is 1. The number of carbonyl (C=O) groups is 1. The molecule has 4 heteroatoms. The lowest BCUT2D eigenvalue weighted by Crippen LogP contribution is -2.51. The van der Waals surface area contributed by atoms with Crippen LogP contribution in [0.15, 0.2) is 24.3 Å². The van der Waals surface area contributed by atoms with Crippen molar-refractivity contribution in [3.8, 4) is 0 Å². The third kappa shape index (κ3) is 2.64. The van der Waals surface area contributed by atoms with E-state index in [1.54, 1.807) is 0 Å². The van der Waals surface area contributed by atoms with Crippen molar-refractivity contribution in [3.63, 3.8) is 0 Å². The van der Waals surface area contributed by atoms with E-state index in [0.29, 0.717) is 26.1 Å². The van der Waals surface area contributed by atoms with Crippen LogP contribution >= 0.6 is 0 Å². The van der Waals surface area contributed by atoms with Gasteiger partial charge in [-0.1, -0.05) is 17.7 Å². The van der Waals surface area contributed by atoms with Crippen molar-refractivity contribution in [3.05, 3.63) is 29.8 Å². The summed E-state index contributed by atoms with van der Waals surface area (Å²) >= 11 is 0. The van der Waals surface area contributed by atoms with E-state index in [1.165, 1.54) is 12.7 Å². The first-order valence-electron chi connectivity index (χ1n) is 6.17. The molecule has 0 amide bonds. The van der Waals surface area contributed by atoms with Crippen molar-refractivity contribution in [2.24, 2.45) is 0 Å². The summed E-state index contributed by atoms with van der Waals surface area (Å²) in [6, 6.07) is 8.00. The number of nitrogens with one attached hydrogen (secondary N) is 1. The van der Waals surface area contributed by atoms with Crippen molar-refractivity contribution < 1.29 is 14.3 Å². The highest BCUT2D eigenvalue weighted by Crippen LogP contribution is 2.27. The Morgan fingerprint density at radius 2 is 1.89 bits per heavy atom. The predicted molar refractivity (Wildman–Crippen MR) is 69.6 cm³/mol. The van der Waals surface area contributed by atoms with Gasteiger partial charge >= 0.3 is 5.97 Å². The van der Waals surface area contributed by atoms with E-state index >= 15 is 0 Å². The van der Waals surface area contributed by atoms with Gasteiger partial charge in [0.2, 0.25) is 0 Å².